The van der Waals surface area contributed by atoms with Gasteiger partial charge in [-0.15, -0.1) is 10.2 Å². The number of nitrogens with zero attached hydrogens (tertiary/aromatic N) is 6. The van der Waals surface area contributed by atoms with Gasteiger partial charge in [0, 0.05) is 17.4 Å². The third kappa shape index (κ3) is 33.7. The van der Waals surface area contributed by atoms with Gasteiger partial charge in [0.2, 0.25) is 0 Å². The molecule has 2 rings (SSSR count). The molecule has 0 aliphatic rings. The standard InChI is InChI=1S/C21H39N3O5.C20H37N3O5.2CH4/c1-20(2,3)7-9-26-11-13-28-16-18-15-24(23-22-18)8-10-27-12-14-29-17-19(25)21(4,5)6;1-19(2,3)16-28-12-11-26-14-17-13-23(22-21-17)7-8-25-9-10-27-15-18(24)20(4,5)6;;/h15H,7-14,16-17H2,1-6H3;13H,7-12,14-16H2,1-6H3;2*1H4. The number of hydrogen-bond acceptors (Lipinski definition) is 14. The number of ether oxygens (including phenoxy) is 8. The number of ketones is 2. The maximum absolute atomic E-state index is 11.7. The average Bonchev–Trinajstić information content (AvgIpc) is 3.76. The Morgan fingerprint density at radius 3 is 1.20 bits per heavy atom. The minimum Gasteiger partial charge on any atom is -0.379 e. The maximum atomic E-state index is 11.7. The molecule has 0 saturated heterocycles. The van der Waals surface area contributed by atoms with E-state index >= 15 is 0 Å². The van der Waals surface area contributed by atoms with Crippen LogP contribution in [0.25, 0.3) is 0 Å². The number of rotatable bonds is 29. The Hall–Kier alpha value is -2.70. The lowest BCUT2D eigenvalue weighted by molar-refractivity contribution is -0.132. The van der Waals surface area contributed by atoms with Crippen molar-refractivity contribution in [2.45, 2.75) is 131 Å². The number of aromatic nitrogens is 6. The molecular weight excluding hydrogens is 761 g/mol. The molecule has 0 aliphatic heterocycles. The van der Waals surface area contributed by atoms with Crippen molar-refractivity contribution < 1.29 is 47.5 Å². The second-order valence-corrected chi connectivity index (χ2v) is 18.3. The van der Waals surface area contributed by atoms with Crippen molar-refractivity contribution in [2.75, 3.05) is 92.5 Å². The normalized spacial score (nSPS) is 12.1. The summed E-state index contributed by atoms with van der Waals surface area (Å²) in [5, 5.41) is 16.3. The lowest BCUT2D eigenvalue weighted by atomic mass is 9.91. The Labute approximate surface area is 357 Å². The Kier molecular flexibility index (Phi) is 30.9. The molecule has 0 aliphatic carbocycles. The van der Waals surface area contributed by atoms with Gasteiger partial charge in [-0.25, -0.2) is 9.36 Å². The molecule has 0 unspecified atom stereocenters. The van der Waals surface area contributed by atoms with E-state index in [0.29, 0.717) is 104 Å². The van der Waals surface area contributed by atoms with Gasteiger partial charge in [-0.2, -0.15) is 0 Å². The van der Waals surface area contributed by atoms with Crippen LogP contribution in [0.15, 0.2) is 12.4 Å². The minimum atomic E-state index is -0.366. The molecule has 59 heavy (non-hydrogen) atoms. The van der Waals surface area contributed by atoms with E-state index < -0.39 is 0 Å². The first kappa shape index (κ1) is 58.4. The molecule has 16 nitrogen and oxygen atoms in total. The zero-order valence-corrected chi connectivity index (χ0v) is 37.4. The Balaban J connectivity index is 0. The molecule has 0 amide bonds. The van der Waals surface area contributed by atoms with Crippen LogP contribution in [0.3, 0.4) is 0 Å². The van der Waals surface area contributed by atoms with Crippen LogP contribution in [0.1, 0.15) is 116 Å². The average molecular weight is 845 g/mol. The molecule has 0 saturated carbocycles. The molecule has 346 valence electrons. The van der Waals surface area contributed by atoms with Crippen molar-refractivity contribution in [3.8, 4) is 0 Å². The van der Waals surface area contributed by atoms with Gasteiger partial charge in [-0.05, 0) is 17.3 Å². The molecule has 0 aromatic carbocycles. The molecule has 0 fully saturated rings. The smallest absolute Gasteiger partial charge is 0.163 e. The monoisotopic (exact) mass is 845 g/mol. The fraction of sp³-hybridized carbons (Fsp3) is 0.860. The number of hydrogen-bond donors (Lipinski definition) is 0. The predicted molar refractivity (Wildman–Crippen MR) is 230 cm³/mol. The Morgan fingerprint density at radius 2 is 0.831 bits per heavy atom. The largest absolute Gasteiger partial charge is 0.379 e. The van der Waals surface area contributed by atoms with Crippen molar-refractivity contribution in [1.29, 1.82) is 0 Å². The quantitative estimate of drug-likeness (QED) is 0.0796. The molecule has 0 spiro atoms. The molecule has 0 N–H and O–H groups in total. The highest BCUT2D eigenvalue weighted by Crippen LogP contribution is 2.18. The zero-order valence-electron chi connectivity index (χ0n) is 37.4. The highest BCUT2D eigenvalue weighted by Gasteiger charge is 2.21. The van der Waals surface area contributed by atoms with Crippen LogP contribution in [0.2, 0.25) is 0 Å². The summed E-state index contributed by atoms with van der Waals surface area (Å²) in [5.41, 5.74) is 1.29. The third-order valence-electron chi connectivity index (χ3n) is 7.76. The van der Waals surface area contributed by atoms with E-state index in [0.717, 1.165) is 24.4 Å². The lowest BCUT2D eigenvalue weighted by Crippen LogP contribution is -2.25. The van der Waals surface area contributed by atoms with Gasteiger partial charge in [-0.1, -0.05) is 108 Å². The van der Waals surface area contributed by atoms with Crippen molar-refractivity contribution in [2.24, 2.45) is 21.7 Å². The van der Waals surface area contributed by atoms with Crippen LogP contribution in [-0.2, 0) is 73.8 Å². The second kappa shape index (κ2) is 31.2. The van der Waals surface area contributed by atoms with E-state index in [4.69, 9.17) is 37.9 Å². The predicted octanol–water partition coefficient (Wildman–Crippen LogP) is 6.67. The molecule has 0 bridgehead atoms. The summed E-state index contributed by atoms with van der Waals surface area (Å²) in [6, 6.07) is 0. The van der Waals surface area contributed by atoms with Crippen molar-refractivity contribution in [3.05, 3.63) is 23.8 Å². The first-order chi connectivity index (χ1) is 26.7. The van der Waals surface area contributed by atoms with Crippen LogP contribution in [0, 0.1) is 21.7 Å². The fourth-order valence-electron chi connectivity index (χ4n) is 3.99. The summed E-state index contributed by atoms with van der Waals surface area (Å²) in [5.74, 6) is 0.178. The fourth-order valence-corrected chi connectivity index (χ4v) is 3.99. The van der Waals surface area contributed by atoms with Gasteiger partial charge in [0.1, 0.15) is 24.6 Å². The Morgan fingerprint density at radius 1 is 0.475 bits per heavy atom. The first-order valence-corrected chi connectivity index (χ1v) is 20.1. The summed E-state index contributed by atoms with van der Waals surface area (Å²) >= 11 is 0. The molecule has 2 heterocycles. The summed E-state index contributed by atoms with van der Waals surface area (Å²) in [7, 11) is 0. The first-order valence-electron chi connectivity index (χ1n) is 20.1. The Bertz CT molecular complexity index is 1340. The summed E-state index contributed by atoms with van der Waals surface area (Å²) in [6.07, 6.45) is 4.73. The lowest BCUT2D eigenvalue weighted by Gasteiger charge is -2.17. The SMILES string of the molecule is C.C.CC(C)(C)CCOCCOCc1cn(CCOCCOCC(=O)C(C)(C)C)nn1.CC(C)(C)COCCOCc1cn(CCOCCOCC(=O)C(C)(C)C)nn1. The van der Waals surface area contributed by atoms with Gasteiger partial charge in [0.25, 0.3) is 0 Å². The van der Waals surface area contributed by atoms with E-state index in [1.165, 1.54) is 0 Å². The molecule has 2 aromatic rings. The molecule has 2 aromatic heterocycles. The molecule has 0 atom stereocenters. The van der Waals surface area contributed by atoms with Crippen molar-refractivity contribution >= 4 is 11.6 Å². The molecular formula is C43H84N6O10. The summed E-state index contributed by atoms with van der Waals surface area (Å²) in [4.78, 5) is 23.4. The number of Topliss-reactive ketones (excluding diaryl/α,β-unsaturated/α-hetero) is 2. The second-order valence-electron chi connectivity index (χ2n) is 18.3. The minimum absolute atomic E-state index is 0. The van der Waals surface area contributed by atoms with Gasteiger partial charge in [-0.3, -0.25) is 9.59 Å². The van der Waals surface area contributed by atoms with E-state index in [-0.39, 0.29) is 55.9 Å². The van der Waals surface area contributed by atoms with Gasteiger partial charge in [0.15, 0.2) is 11.6 Å². The topological polar surface area (TPSA) is 169 Å². The van der Waals surface area contributed by atoms with Crippen LogP contribution in [0.4, 0.5) is 0 Å². The third-order valence-corrected chi connectivity index (χ3v) is 7.76. The van der Waals surface area contributed by atoms with Gasteiger partial charge in [0.05, 0.1) is 111 Å². The van der Waals surface area contributed by atoms with E-state index in [9.17, 15) is 9.59 Å². The number of carbonyl (C=O) groups excluding carboxylic acids is 2. The van der Waals surface area contributed by atoms with E-state index in [1.807, 2.05) is 53.9 Å². The maximum Gasteiger partial charge on any atom is 0.163 e. The van der Waals surface area contributed by atoms with Crippen LogP contribution < -0.4 is 0 Å². The highest BCUT2D eigenvalue weighted by molar-refractivity contribution is 5.85. The summed E-state index contributed by atoms with van der Waals surface area (Å²) in [6.45, 7) is 33.0. The van der Waals surface area contributed by atoms with Crippen LogP contribution in [0.5, 0.6) is 0 Å². The highest BCUT2D eigenvalue weighted by atomic mass is 16.5. The van der Waals surface area contributed by atoms with Crippen LogP contribution in [-0.4, -0.2) is 134 Å². The van der Waals surface area contributed by atoms with E-state index in [2.05, 4.69) is 62.2 Å². The zero-order chi connectivity index (χ0) is 42.8. The van der Waals surface area contributed by atoms with E-state index in [1.54, 1.807) is 9.36 Å². The van der Waals surface area contributed by atoms with Crippen LogP contribution >= 0.6 is 0 Å². The van der Waals surface area contributed by atoms with Crippen molar-refractivity contribution in [3.63, 3.8) is 0 Å². The van der Waals surface area contributed by atoms with Gasteiger partial charge < -0.3 is 37.9 Å². The summed E-state index contributed by atoms with van der Waals surface area (Å²) < 4.78 is 47.3. The molecule has 0 radical (unpaired) electrons. The molecule has 16 heteroatoms. The van der Waals surface area contributed by atoms with Gasteiger partial charge >= 0.3 is 0 Å². The van der Waals surface area contributed by atoms with Crippen molar-refractivity contribution in [1.82, 2.24) is 30.0 Å². The number of carbonyl (C=O) groups is 2.